The second-order valence-electron chi connectivity index (χ2n) is 4.58. The van der Waals surface area contributed by atoms with Crippen molar-refractivity contribution in [3.05, 3.63) is 6.23 Å². The Labute approximate surface area is 78.2 Å². The van der Waals surface area contributed by atoms with Crippen LogP contribution in [0.4, 0.5) is 0 Å². The summed E-state index contributed by atoms with van der Waals surface area (Å²) >= 11 is 0. The fourth-order valence-corrected chi connectivity index (χ4v) is 7.22. The lowest BCUT2D eigenvalue weighted by Crippen LogP contribution is -2.44. The highest BCUT2D eigenvalue weighted by atomic mass is 28.3. The molecule has 0 aromatic rings. The van der Waals surface area contributed by atoms with E-state index >= 15 is 0 Å². The third-order valence-corrected chi connectivity index (χ3v) is 9.61. The van der Waals surface area contributed by atoms with Gasteiger partial charge in [0.05, 0.1) is 0 Å². The van der Waals surface area contributed by atoms with E-state index in [1.165, 1.54) is 6.23 Å². The lowest BCUT2D eigenvalue weighted by molar-refractivity contribution is 0.308. The molecule has 0 saturated heterocycles. The molecule has 0 fully saturated rings. The average Bonchev–Trinajstić information content (AvgIpc) is 1.86. The van der Waals surface area contributed by atoms with E-state index in [-0.39, 0.29) is 0 Å². The van der Waals surface area contributed by atoms with Gasteiger partial charge in [-0.1, -0.05) is 41.5 Å². The standard InChI is InChI=1S/C10H22OSi/c1-8(2)12(7-11,9(3)4)10(5)6/h7-10H,1-6H3. The molecule has 0 heterocycles. The molecule has 0 spiro atoms. The zero-order chi connectivity index (χ0) is 9.94. The van der Waals surface area contributed by atoms with Gasteiger partial charge in [-0.25, -0.2) is 5.11 Å². The highest BCUT2D eigenvalue weighted by molar-refractivity contribution is 6.86. The van der Waals surface area contributed by atoms with Gasteiger partial charge in [0.1, 0.15) is 14.3 Å². The predicted octanol–water partition coefficient (Wildman–Crippen LogP) is 3.80. The Morgan fingerprint density at radius 2 is 1.08 bits per heavy atom. The smallest absolute Gasteiger partial charge is 0.110 e. The first-order valence-corrected chi connectivity index (χ1v) is 7.16. The third-order valence-electron chi connectivity index (χ3n) is 3.20. The maximum absolute atomic E-state index is 11.2. The fraction of sp³-hybridized carbons (Fsp3) is 0.900. The van der Waals surface area contributed by atoms with E-state index in [9.17, 15) is 5.11 Å². The van der Waals surface area contributed by atoms with Gasteiger partial charge in [0.15, 0.2) is 0 Å². The summed E-state index contributed by atoms with van der Waals surface area (Å²) in [5.41, 5.74) is 1.69. The van der Waals surface area contributed by atoms with Crippen molar-refractivity contribution in [2.24, 2.45) is 0 Å². The highest BCUT2D eigenvalue weighted by Gasteiger charge is 2.43. The van der Waals surface area contributed by atoms with E-state index in [1.54, 1.807) is 0 Å². The van der Waals surface area contributed by atoms with Crippen LogP contribution < -0.4 is 0 Å². The van der Waals surface area contributed by atoms with Crippen molar-refractivity contribution >= 4 is 8.07 Å². The summed E-state index contributed by atoms with van der Waals surface area (Å²) in [6, 6.07) is 0. The molecule has 0 bridgehead atoms. The van der Waals surface area contributed by atoms with Crippen LogP contribution in [0.15, 0.2) is 0 Å². The fourth-order valence-electron chi connectivity index (χ4n) is 2.41. The quantitative estimate of drug-likeness (QED) is 0.595. The second-order valence-corrected chi connectivity index (χ2v) is 10.3. The van der Waals surface area contributed by atoms with Crippen molar-refractivity contribution < 1.29 is 5.11 Å². The van der Waals surface area contributed by atoms with E-state index in [1.807, 2.05) is 0 Å². The molecule has 0 saturated carbocycles. The van der Waals surface area contributed by atoms with E-state index in [4.69, 9.17) is 0 Å². The van der Waals surface area contributed by atoms with E-state index in [0.29, 0.717) is 16.6 Å². The van der Waals surface area contributed by atoms with E-state index in [0.717, 1.165) is 0 Å². The van der Waals surface area contributed by atoms with Gasteiger partial charge in [-0.2, -0.15) is 0 Å². The minimum atomic E-state index is -1.68. The van der Waals surface area contributed by atoms with Gasteiger partial charge in [0, 0.05) is 0 Å². The molecule has 0 aromatic carbocycles. The van der Waals surface area contributed by atoms with Gasteiger partial charge in [-0.05, 0) is 16.6 Å². The molecule has 0 unspecified atom stereocenters. The van der Waals surface area contributed by atoms with Crippen LogP contribution in [0.1, 0.15) is 41.5 Å². The molecule has 1 nitrogen and oxygen atoms in total. The van der Waals surface area contributed by atoms with E-state index < -0.39 is 8.07 Å². The van der Waals surface area contributed by atoms with Crippen molar-refractivity contribution in [1.29, 1.82) is 0 Å². The van der Waals surface area contributed by atoms with Gasteiger partial charge in [-0.15, -0.1) is 0 Å². The predicted molar refractivity (Wildman–Crippen MR) is 56.0 cm³/mol. The van der Waals surface area contributed by atoms with Crippen LogP contribution in [-0.4, -0.2) is 8.07 Å². The van der Waals surface area contributed by atoms with Crippen molar-refractivity contribution in [2.75, 3.05) is 0 Å². The van der Waals surface area contributed by atoms with E-state index in [2.05, 4.69) is 41.5 Å². The summed E-state index contributed by atoms with van der Waals surface area (Å²) < 4.78 is 0. The second kappa shape index (κ2) is 4.42. The molecule has 0 atom stereocenters. The highest BCUT2D eigenvalue weighted by Crippen LogP contribution is 2.42. The average molecular weight is 186 g/mol. The molecule has 0 aromatic heterocycles. The molecule has 0 aliphatic heterocycles. The van der Waals surface area contributed by atoms with Gasteiger partial charge >= 0.3 is 0 Å². The van der Waals surface area contributed by atoms with Gasteiger partial charge in [0.25, 0.3) is 0 Å². The third kappa shape index (κ3) is 1.91. The Morgan fingerprint density at radius 1 is 0.833 bits per heavy atom. The topological polar surface area (TPSA) is 19.9 Å². The SMILES string of the molecule is CC(C)[Si]([CH][O])(C(C)C)C(C)C. The Morgan fingerprint density at radius 3 is 1.08 bits per heavy atom. The van der Waals surface area contributed by atoms with Gasteiger partial charge in [0.2, 0.25) is 0 Å². The normalized spacial score (nSPS) is 13.5. The Bertz CT molecular complexity index is 108. The molecule has 0 aliphatic carbocycles. The lowest BCUT2D eigenvalue weighted by Gasteiger charge is -2.40. The first-order chi connectivity index (χ1) is 5.39. The minimum Gasteiger partial charge on any atom is -0.234 e. The molecular weight excluding hydrogens is 164 g/mol. The zero-order valence-electron chi connectivity index (χ0n) is 9.22. The van der Waals surface area contributed by atoms with Crippen molar-refractivity contribution in [3.63, 3.8) is 0 Å². The zero-order valence-corrected chi connectivity index (χ0v) is 10.2. The Hall–Kier alpha value is 0.177. The monoisotopic (exact) mass is 186 g/mol. The van der Waals surface area contributed by atoms with Crippen LogP contribution in [0.5, 0.6) is 0 Å². The first-order valence-electron chi connectivity index (χ1n) is 4.85. The number of hydrogen-bond donors (Lipinski definition) is 0. The summed E-state index contributed by atoms with van der Waals surface area (Å²) in [4.78, 5) is 0. The number of hydrogen-bond acceptors (Lipinski definition) is 0. The van der Waals surface area contributed by atoms with Crippen molar-refractivity contribution in [3.8, 4) is 0 Å². The largest absolute Gasteiger partial charge is 0.234 e. The van der Waals surface area contributed by atoms with Crippen LogP contribution >= 0.6 is 0 Å². The molecular formula is C10H22OSi. The maximum Gasteiger partial charge on any atom is 0.110 e. The molecule has 0 aliphatic rings. The van der Waals surface area contributed by atoms with Crippen molar-refractivity contribution in [1.82, 2.24) is 0 Å². The summed E-state index contributed by atoms with van der Waals surface area (Å²) in [5, 5.41) is 11.2. The summed E-state index contributed by atoms with van der Waals surface area (Å²) in [5.74, 6) is 0. The maximum atomic E-state index is 11.2. The number of rotatable bonds is 4. The minimum absolute atomic E-state index is 0.565. The van der Waals surface area contributed by atoms with Crippen LogP contribution in [0, 0.1) is 6.23 Å². The molecule has 0 N–H and O–H groups in total. The van der Waals surface area contributed by atoms with Gasteiger partial charge < -0.3 is 0 Å². The Kier molecular flexibility index (Phi) is 4.49. The molecule has 0 amide bonds. The van der Waals surface area contributed by atoms with Crippen LogP contribution in [0.2, 0.25) is 16.6 Å². The van der Waals surface area contributed by atoms with Gasteiger partial charge in [-0.3, -0.25) is 0 Å². The van der Waals surface area contributed by atoms with Crippen molar-refractivity contribution in [2.45, 2.75) is 58.2 Å². The molecule has 2 heteroatoms. The summed E-state index contributed by atoms with van der Waals surface area (Å²) in [6.45, 7) is 13.2. The van der Waals surface area contributed by atoms with Crippen LogP contribution in [0.25, 0.3) is 0 Å². The molecule has 0 rings (SSSR count). The van der Waals surface area contributed by atoms with Crippen LogP contribution in [-0.2, 0) is 5.11 Å². The molecule has 2 radical (unpaired) electrons. The molecule has 72 valence electrons. The summed E-state index contributed by atoms with van der Waals surface area (Å²) in [6.07, 6.45) is 1.30. The molecule has 12 heavy (non-hydrogen) atoms. The first kappa shape index (κ1) is 12.2. The Balaban J connectivity index is 4.77. The summed E-state index contributed by atoms with van der Waals surface area (Å²) in [7, 11) is -1.68. The van der Waals surface area contributed by atoms with Crippen LogP contribution in [0.3, 0.4) is 0 Å². The lowest BCUT2D eigenvalue weighted by atomic mass is 10.5.